The van der Waals surface area contributed by atoms with Gasteiger partial charge >= 0.3 is 0 Å². The molecule has 3 rings (SSSR count). The van der Waals surface area contributed by atoms with E-state index in [9.17, 15) is 14.0 Å². The van der Waals surface area contributed by atoms with Crippen LogP contribution in [0.3, 0.4) is 0 Å². The van der Waals surface area contributed by atoms with Crippen LogP contribution in [0, 0.1) is 5.82 Å². The normalized spacial score (nSPS) is 15.2. The van der Waals surface area contributed by atoms with Gasteiger partial charge in [-0.15, -0.1) is 5.10 Å². The van der Waals surface area contributed by atoms with E-state index in [0.29, 0.717) is 24.3 Å². The average molecular weight is 373 g/mol. The van der Waals surface area contributed by atoms with E-state index in [4.69, 9.17) is 0 Å². The molecule has 1 saturated heterocycles. The zero-order valence-corrected chi connectivity index (χ0v) is 15.6. The Hall–Kier alpha value is -2.77. The molecule has 2 aromatic rings. The number of halogens is 1. The topological polar surface area (TPSA) is 80.1 Å². The molecule has 1 aliphatic heterocycles. The number of nitrogens with zero attached hydrogens (tertiary/aromatic N) is 4. The van der Waals surface area contributed by atoms with Crippen molar-refractivity contribution in [3.8, 4) is 0 Å². The van der Waals surface area contributed by atoms with E-state index in [-0.39, 0.29) is 36.1 Å². The third kappa shape index (κ3) is 4.69. The van der Waals surface area contributed by atoms with E-state index in [2.05, 4.69) is 15.6 Å². The number of carbonyl (C=O) groups excluding carboxylic acids is 2. The van der Waals surface area contributed by atoms with Gasteiger partial charge in [0.05, 0.1) is 18.7 Å². The molecule has 0 saturated carbocycles. The van der Waals surface area contributed by atoms with E-state index in [0.717, 1.165) is 12.8 Å². The summed E-state index contributed by atoms with van der Waals surface area (Å²) in [6.07, 6.45) is 3.16. The summed E-state index contributed by atoms with van der Waals surface area (Å²) in [7, 11) is 0. The van der Waals surface area contributed by atoms with Crippen LogP contribution in [0.5, 0.6) is 0 Å². The fourth-order valence-corrected chi connectivity index (χ4v) is 3.19. The van der Waals surface area contributed by atoms with E-state index >= 15 is 0 Å². The van der Waals surface area contributed by atoms with Crippen molar-refractivity contribution in [1.29, 1.82) is 0 Å². The molecule has 0 aliphatic carbocycles. The van der Waals surface area contributed by atoms with Gasteiger partial charge in [-0.1, -0.05) is 23.4 Å². The van der Waals surface area contributed by atoms with Crippen LogP contribution in [0.4, 0.5) is 4.39 Å². The summed E-state index contributed by atoms with van der Waals surface area (Å²) in [6.45, 7) is 4.92. The molecular formula is C19H24FN5O2. The summed E-state index contributed by atoms with van der Waals surface area (Å²) in [4.78, 5) is 26.2. The number of benzene rings is 1. The van der Waals surface area contributed by atoms with Gasteiger partial charge in [-0.3, -0.25) is 9.59 Å². The molecule has 2 heterocycles. The van der Waals surface area contributed by atoms with Crippen LogP contribution >= 0.6 is 0 Å². The van der Waals surface area contributed by atoms with Gasteiger partial charge in [0.15, 0.2) is 5.69 Å². The van der Waals surface area contributed by atoms with Crippen molar-refractivity contribution in [3.05, 3.63) is 47.5 Å². The second-order valence-corrected chi connectivity index (χ2v) is 7.09. The number of hydrogen-bond donors (Lipinski definition) is 1. The third-order valence-electron chi connectivity index (χ3n) is 4.65. The molecule has 1 N–H and O–H groups in total. The summed E-state index contributed by atoms with van der Waals surface area (Å²) in [5, 5.41) is 10.8. The van der Waals surface area contributed by atoms with Crippen LogP contribution in [-0.4, -0.2) is 50.8 Å². The third-order valence-corrected chi connectivity index (χ3v) is 4.65. The van der Waals surface area contributed by atoms with Crippen molar-refractivity contribution in [1.82, 2.24) is 25.2 Å². The van der Waals surface area contributed by atoms with Gasteiger partial charge in [0.1, 0.15) is 5.82 Å². The monoisotopic (exact) mass is 373 g/mol. The molecule has 27 heavy (non-hydrogen) atoms. The number of likely N-dealkylation sites (tertiary alicyclic amines) is 1. The van der Waals surface area contributed by atoms with Crippen molar-refractivity contribution < 1.29 is 14.0 Å². The number of carbonyl (C=O) groups is 2. The second kappa shape index (κ2) is 8.28. The molecule has 144 valence electrons. The van der Waals surface area contributed by atoms with Crippen molar-refractivity contribution in [2.75, 3.05) is 13.1 Å². The van der Waals surface area contributed by atoms with Crippen LogP contribution < -0.4 is 5.32 Å². The summed E-state index contributed by atoms with van der Waals surface area (Å²) in [5.74, 6) is -0.668. The SMILES string of the molecule is CC(C)NC(=O)c1cn(C2CCN(C(=O)Cc3ccccc3F)CC2)nn1. The quantitative estimate of drug-likeness (QED) is 0.869. The van der Waals surface area contributed by atoms with Gasteiger partial charge in [-0.2, -0.15) is 0 Å². The maximum atomic E-state index is 13.7. The van der Waals surface area contributed by atoms with Crippen LogP contribution in [0.1, 0.15) is 48.8 Å². The first kappa shape index (κ1) is 19.0. The lowest BCUT2D eigenvalue weighted by molar-refractivity contribution is -0.131. The van der Waals surface area contributed by atoms with Crippen LogP contribution in [0.2, 0.25) is 0 Å². The highest BCUT2D eigenvalue weighted by molar-refractivity contribution is 5.92. The highest BCUT2D eigenvalue weighted by atomic mass is 19.1. The van der Waals surface area contributed by atoms with Crippen molar-refractivity contribution in [2.45, 2.75) is 45.2 Å². The molecule has 1 aliphatic rings. The molecule has 7 nitrogen and oxygen atoms in total. The summed E-state index contributed by atoms with van der Waals surface area (Å²) < 4.78 is 15.4. The molecule has 8 heteroatoms. The fourth-order valence-electron chi connectivity index (χ4n) is 3.19. The number of amides is 2. The van der Waals surface area contributed by atoms with Crippen molar-refractivity contribution in [2.24, 2.45) is 0 Å². The minimum atomic E-state index is -0.351. The maximum Gasteiger partial charge on any atom is 0.273 e. The zero-order valence-electron chi connectivity index (χ0n) is 15.6. The first-order valence-corrected chi connectivity index (χ1v) is 9.18. The Morgan fingerprint density at radius 1 is 1.26 bits per heavy atom. The summed E-state index contributed by atoms with van der Waals surface area (Å²) in [6, 6.07) is 6.48. The number of nitrogens with one attached hydrogen (secondary N) is 1. The Labute approximate surface area is 157 Å². The van der Waals surface area contributed by atoms with Crippen molar-refractivity contribution >= 4 is 11.8 Å². The van der Waals surface area contributed by atoms with Gasteiger partial charge in [0.2, 0.25) is 5.91 Å². The maximum absolute atomic E-state index is 13.7. The molecule has 2 amide bonds. The lowest BCUT2D eigenvalue weighted by Crippen LogP contribution is -2.40. The standard InChI is InChI=1S/C19H24FN5O2/c1-13(2)21-19(27)17-12-25(23-22-17)15-7-9-24(10-8-15)18(26)11-14-5-3-4-6-16(14)20/h3-6,12-13,15H,7-11H2,1-2H3,(H,21,27). The van der Waals surface area contributed by atoms with Gasteiger partial charge in [-0.25, -0.2) is 9.07 Å². The lowest BCUT2D eigenvalue weighted by atomic mass is 10.0. The molecule has 1 aromatic heterocycles. The Bertz CT molecular complexity index is 812. The molecule has 1 fully saturated rings. The lowest BCUT2D eigenvalue weighted by Gasteiger charge is -2.32. The van der Waals surface area contributed by atoms with Gasteiger partial charge in [0, 0.05) is 19.1 Å². The Morgan fingerprint density at radius 3 is 2.63 bits per heavy atom. The average Bonchev–Trinajstić information content (AvgIpc) is 3.13. The molecule has 0 bridgehead atoms. The van der Waals surface area contributed by atoms with Crippen LogP contribution in [0.25, 0.3) is 0 Å². The first-order chi connectivity index (χ1) is 12.9. The van der Waals surface area contributed by atoms with E-state index in [1.807, 2.05) is 13.8 Å². The van der Waals surface area contributed by atoms with E-state index in [1.54, 1.807) is 34.0 Å². The first-order valence-electron chi connectivity index (χ1n) is 9.18. The minimum absolute atomic E-state index is 0.0337. The van der Waals surface area contributed by atoms with Gasteiger partial charge < -0.3 is 10.2 Å². The summed E-state index contributed by atoms with van der Waals surface area (Å²) >= 11 is 0. The molecule has 1 aromatic carbocycles. The Morgan fingerprint density at radius 2 is 1.96 bits per heavy atom. The molecule has 0 radical (unpaired) electrons. The smallest absolute Gasteiger partial charge is 0.273 e. The predicted molar refractivity (Wildman–Crippen MR) is 97.6 cm³/mol. The molecule has 0 unspecified atom stereocenters. The highest BCUT2D eigenvalue weighted by Crippen LogP contribution is 2.22. The van der Waals surface area contributed by atoms with E-state index < -0.39 is 0 Å². The molecule has 0 atom stereocenters. The number of aromatic nitrogens is 3. The van der Waals surface area contributed by atoms with Crippen molar-refractivity contribution in [3.63, 3.8) is 0 Å². The number of rotatable bonds is 5. The zero-order chi connectivity index (χ0) is 19.4. The van der Waals surface area contributed by atoms with Crippen LogP contribution in [-0.2, 0) is 11.2 Å². The summed E-state index contributed by atoms with van der Waals surface area (Å²) in [5.41, 5.74) is 0.712. The predicted octanol–water partition coefficient (Wildman–Crippen LogP) is 1.96. The largest absolute Gasteiger partial charge is 0.348 e. The van der Waals surface area contributed by atoms with Gasteiger partial charge in [-0.05, 0) is 38.3 Å². The van der Waals surface area contributed by atoms with E-state index in [1.165, 1.54) is 6.07 Å². The Kier molecular flexibility index (Phi) is 5.83. The van der Waals surface area contributed by atoms with Gasteiger partial charge in [0.25, 0.3) is 5.91 Å². The fraction of sp³-hybridized carbons (Fsp3) is 0.474. The molecular weight excluding hydrogens is 349 g/mol. The highest BCUT2D eigenvalue weighted by Gasteiger charge is 2.25. The Balaban J connectivity index is 1.54. The second-order valence-electron chi connectivity index (χ2n) is 7.09. The number of piperidine rings is 1. The minimum Gasteiger partial charge on any atom is -0.348 e. The number of hydrogen-bond acceptors (Lipinski definition) is 4. The molecule has 0 spiro atoms. The van der Waals surface area contributed by atoms with Crippen LogP contribution in [0.15, 0.2) is 30.5 Å².